The second-order valence-electron chi connectivity index (χ2n) is 4.03. The summed E-state index contributed by atoms with van der Waals surface area (Å²) in [6, 6.07) is 7.63. The van der Waals surface area contributed by atoms with Crippen LogP contribution in [0.4, 0.5) is 4.39 Å². The van der Waals surface area contributed by atoms with Crippen molar-refractivity contribution in [3.8, 4) is 0 Å². The van der Waals surface area contributed by atoms with Gasteiger partial charge in [0.05, 0.1) is 0 Å². The molecule has 1 nitrogen and oxygen atoms in total. The van der Waals surface area contributed by atoms with E-state index < -0.39 is 5.67 Å². The molecule has 0 radical (unpaired) electrons. The van der Waals surface area contributed by atoms with Crippen LogP contribution in [0, 0.1) is 0 Å². The van der Waals surface area contributed by atoms with Crippen molar-refractivity contribution in [3.05, 3.63) is 35.4 Å². The highest BCUT2D eigenvalue weighted by Gasteiger charge is 2.36. The van der Waals surface area contributed by atoms with E-state index in [0.29, 0.717) is 19.4 Å². The van der Waals surface area contributed by atoms with Gasteiger partial charge in [-0.3, -0.25) is 0 Å². The van der Waals surface area contributed by atoms with Gasteiger partial charge in [0.2, 0.25) is 0 Å². The van der Waals surface area contributed by atoms with Gasteiger partial charge in [0, 0.05) is 6.54 Å². The number of benzene rings is 1. The molecule has 0 aliphatic heterocycles. The van der Waals surface area contributed by atoms with Crippen LogP contribution in [0.25, 0.3) is 0 Å². The van der Waals surface area contributed by atoms with Crippen LogP contribution in [-0.2, 0) is 12.2 Å². The molecule has 0 aromatic heterocycles. The van der Waals surface area contributed by atoms with Crippen LogP contribution in [0.1, 0.15) is 36.8 Å². The van der Waals surface area contributed by atoms with Gasteiger partial charge in [-0.15, -0.1) is 0 Å². The zero-order chi connectivity index (χ0) is 10.0. The van der Waals surface area contributed by atoms with Crippen molar-refractivity contribution >= 4 is 0 Å². The van der Waals surface area contributed by atoms with Gasteiger partial charge < -0.3 is 5.73 Å². The Labute approximate surface area is 84.1 Å². The van der Waals surface area contributed by atoms with Crippen molar-refractivity contribution in [1.29, 1.82) is 0 Å². The molecule has 0 bridgehead atoms. The Bertz CT molecular complexity index is 316. The fraction of sp³-hybridized carbons (Fsp3) is 0.500. The summed E-state index contributed by atoms with van der Waals surface area (Å²) in [5, 5.41) is 0. The molecule has 14 heavy (non-hydrogen) atoms. The first-order valence-corrected chi connectivity index (χ1v) is 5.24. The first-order valence-electron chi connectivity index (χ1n) is 5.24. The Morgan fingerprint density at radius 3 is 2.50 bits per heavy atom. The molecule has 2 N–H and O–H groups in total. The fourth-order valence-corrected chi connectivity index (χ4v) is 2.34. The molecule has 1 aromatic carbocycles. The van der Waals surface area contributed by atoms with E-state index in [1.54, 1.807) is 0 Å². The molecule has 0 heterocycles. The van der Waals surface area contributed by atoms with Gasteiger partial charge in [-0.2, -0.15) is 0 Å². The zero-order valence-electron chi connectivity index (χ0n) is 8.30. The van der Waals surface area contributed by atoms with Crippen LogP contribution >= 0.6 is 0 Å². The number of halogens is 1. The SMILES string of the molecule is NCc1ccccc1C1(F)CCCC1. The summed E-state index contributed by atoms with van der Waals surface area (Å²) in [4.78, 5) is 0. The molecule has 0 atom stereocenters. The average molecular weight is 193 g/mol. The molecule has 1 saturated carbocycles. The molecule has 76 valence electrons. The lowest BCUT2D eigenvalue weighted by Crippen LogP contribution is -2.18. The predicted octanol–water partition coefficient (Wildman–Crippen LogP) is 2.88. The third-order valence-corrected chi connectivity index (χ3v) is 3.12. The smallest absolute Gasteiger partial charge is 0.136 e. The van der Waals surface area contributed by atoms with Gasteiger partial charge in [-0.25, -0.2) is 4.39 Å². The highest BCUT2D eigenvalue weighted by atomic mass is 19.1. The molecular formula is C12H16FN. The van der Waals surface area contributed by atoms with E-state index in [2.05, 4.69) is 0 Å². The zero-order valence-corrected chi connectivity index (χ0v) is 8.30. The molecule has 1 aromatic rings. The molecule has 0 spiro atoms. The Morgan fingerprint density at radius 1 is 1.21 bits per heavy atom. The second-order valence-corrected chi connectivity index (χ2v) is 4.03. The van der Waals surface area contributed by atoms with E-state index in [9.17, 15) is 4.39 Å². The summed E-state index contributed by atoms with van der Waals surface area (Å²) in [6.45, 7) is 0.432. The normalized spacial score (nSPS) is 19.9. The summed E-state index contributed by atoms with van der Waals surface area (Å²) in [5.41, 5.74) is 6.28. The molecule has 1 fully saturated rings. The molecule has 1 aliphatic rings. The van der Waals surface area contributed by atoms with Crippen molar-refractivity contribution in [3.63, 3.8) is 0 Å². The van der Waals surface area contributed by atoms with Crippen molar-refractivity contribution < 1.29 is 4.39 Å². The number of nitrogens with two attached hydrogens (primary N) is 1. The van der Waals surface area contributed by atoms with Gasteiger partial charge >= 0.3 is 0 Å². The molecule has 2 rings (SSSR count). The number of hydrogen-bond acceptors (Lipinski definition) is 1. The van der Waals surface area contributed by atoms with E-state index in [0.717, 1.165) is 24.0 Å². The number of hydrogen-bond donors (Lipinski definition) is 1. The predicted molar refractivity (Wildman–Crippen MR) is 55.6 cm³/mol. The number of rotatable bonds is 2. The Kier molecular flexibility index (Phi) is 2.55. The van der Waals surface area contributed by atoms with Crippen molar-refractivity contribution in [1.82, 2.24) is 0 Å². The van der Waals surface area contributed by atoms with Crippen molar-refractivity contribution in [2.75, 3.05) is 0 Å². The van der Waals surface area contributed by atoms with Crippen LogP contribution < -0.4 is 5.73 Å². The minimum atomic E-state index is -1.10. The summed E-state index contributed by atoms with van der Waals surface area (Å²) in [7, 11) is 0. The first-order chi connectivity index (χ1) is 6.76. The maximum Gasteiger partial charge on any atom is 0.136 e. The van der Waals surface area contributed by atoms with Gasteiger partial charge in [-0.1, -0.05) is 24.3 Å². The highest BCUT2D eigenvalue weighted by Crippen LogP contribution is 2.43. The molecule has 2 heteroatoms. The first kappa shape index (κ1) is 9.66. The summed E-state index contributed by atoms with van der Waals surface area (Å²) >= 11 is 0. The summed E-state index contributed by atoms with van der Waals surface area (Å²) < 4.78 is 14.4. The largest absolute Gasteiger partial charge is 0.326 e. The van der Waals surface area contributed by atoms with E-state index in [1.165, 1.54) is 0 Å². The second kappa shape index (κ2) is 3.70. The minimum Gasteiger partial charge on any atom is -0.326 e. The minimum absolute atomic E-state index is 0.432. The lowest BCUT2D eigenvalue weighted by molar-refractivity contribution is 0.173. The van der Waals surface area contributed by atoms with Gasteiger partial charge in [0.25, 0.3) is 0 Å². The Morgan fingerprint density at radius 2 is 1.86 bits per heavy atom. The van der Waals surface area contributed by atoms with Crippen LogP contribution in [0.2, 0.25) is 0 Å². The summed E-state index contributed by atoms with van der Waals surface area (Å²) in [6.07, 6.45) is 3.30. The van der Waals surface area contributed by atoms with E-state index in [-0.39, 0.29) is 0 Å². The van der Waals surface area contributed by atoms with E-state index in [4.69, 9.17) is 5.73 Å². The maximum atomic E-state index is 14.4. The molecule has 0 amide bonds. The molecule has 1 aliphatic carbocycles. The lowest BCUT2D eigenvalue weighted by Gasteiger charge is -2.22. The van der Waals surface area contributed by atoms with Crippen LogP contribution in [-0.4, -0.2) is 0 Å². The summed E-state index contributed by atoms with van der Waals surface area (Å²) in [5.74, 6) is 0. The van der Waals surface area contributed by atoms with Gasteiger partial charge in [0.15, 0.2) is 0 Å². The van der Waals surface area contributed by atoms with Crippen LogP contribution in [0.5, 0.6) is 0 Å². The van der Waals surface area contributed by atoms with Gasteiger partial charge in [0.1, 0.15) is 5.67 Å². The molecule has 0 saturated heterocycles. The standard InChI is InChI=1S/C12H16FN/c13-12(7-3-4-8-12)11-6-2-1-5-10(11)9-14/h1-2,5-6H,3-4,7-9,14H2. The van der Waals surface area contributed by atoms with Crippen LogP contribution in [0.3, 0.4) is 0 Å². The van der Waals surface area contributed by atoms with E-state index in [1.807, 2.05) is 24.3 Å². The van der Waals surface area contributed by atoms with Crippen molar-refractivity contribution in [2.24, 2.45) is 5.73 Å². The quantitative estimate of drug-likeness (QED) is 0.767. The van der Waals surface area contributed by atoms with E-state index >= 15 is 0 Å². The van der Waals surface area contributed by atoms with Crippen LogP contribution in [0.15, 0.2) is 24.3 Å². The molecular weight excluding hydrogens is 177 g/mol. The Hall–Kier alpha value is -0.890. The van der Waals surface area contributed by atoms with Crippen molar-refractivity contribution in [2.45, 2.75) is 37.9 Å². The monoisotopic (exact) mass is 193 g/mol. The maximum absolute atomic E-state index is 14.4. The number of alkyl halides is 1. The highest BCUT2D eigenvalue weighted by molar-refractivity contribution is 5.33. The third-order valence-electron chi connectivity index (χ3n) is 3.12. The molecule has 0 unspecified atom stereocenters. The lowest BCUT2D eigenvalue weighted by atomic mass is 9.90. The third kappa shape index (κ3) is 1.55. The topological polar surface area (TPSA) is 26.0 Å². The fourth-order valence-electron chi connectivity index (χ4n) is 2.34. The Balaban J connectivity index is 2.39. The van der Waals surface area contributed by atoms with Gasteiger partial charge in [-0.05, 0) is 36.8 Å². The average Bonchev–Trinajstić information content (AvgIpc) is 2.66.